The van der Waals surface area contributed by atoms with Gasteiger partial charge in [0.25, 0.3) is 0 Å². The molecule has 0 aromatic carbocycles. The molecule has 4 unspecified atom stereocenters. The predicted octanol–water partition coefficient (Wildman–Crippen LogP) is 6.89. The van der Waals surface area contributed by atoms with Gasteiger partial charge in [0, 0.05) is 7.11 Å². The highest BCUT2D eigenvalue weighted by Gasteiger charge is 2.50. The van der Waals surface area contributed by atoms with Gasteiger partial charge >= 0.3 is 0 Å². The fraction of sp³-hybridized carbons (Fsp3) is 0.800. The van der Waals surface area contributed by atoms with Crippen LogP contribution in [-0.2, 0) is 4.74 Å². The summed E-state index contributed by atoms with van der Waals surface area (Å²) in [6.07, 6.45) is 20.2. The van der Waals surface area contributed by atoms with Crippen molar-refractivity contribution < 1.29 is 14.9 Å². The summed E-state index contributed by atoms with van der Waals surface area (Å²) in [5.41, 5.74) is 3.95. The Morgan fingerprint density at radius 2 is 1.76 bits per heavy atom. The van der Waals surface area contributed by atoms with E-state index in [-0.39, 0.29) is 5.60 Å². The minimum Gasteiger partial charge on any atom is -0.388 e. The van der Waals surface area contributed by atoms with Crippen LogP contribution < -0.4 is 0 Å². The number of ether oxygens (including phenoxy) is 1. The maximum atomic E-state index is 10.2. The average molecular weight is 457 g/mol. The number of rotatable bonds is 7. The zero-order chi connectivity index (χ0) is 23.6. The number of aliphatic hydroxyl groups is 2. The molecular weight excluding hydrogens is 408 g/mol. The van der Waals surface area contributed by atoms with E-state index in [1.807, 2.05) is 7.11 Å². The van der Waals surface area contributed by atoms with Gasteiger partial charge in [-0.25, -0.2) is 0 Å². The van der Waals surface area contributed by atoms with Crippen molar-refractivity contribution in [2.24, 2.45) is 23.2 Å². The third-order valence-electron chi connectivity index (χ3n) is 10.3. The summed E-state index contributed by atoms with van der Waals surface area (Å²) in [4.78, 5) is 0. The van der Waals surface area contributed by atoms with E-state index >= 15 is 0 Å². The van der Waals surface area contributed by atoms with Crippen LogP contribution in [0.25, 0.3) is 0 Å². The molecule has 0 spiro atoms. The van der Waals surface area contributed by atoms with Crippen molar-refractivity contribution in [1.29, 1.82) is 0 Å². The fourth-order valence-electron chi connectivity index (χ4n) is 8.16. The van der Waals surface area contributed by atoms with Gasteiger partial charge < -0.3 is 14.9 Å². The molecule has 186 valence electrons. The lowest BCUT2D eigenvalue weighted by molar-refractivity contribution is -0.0150. The third-order valence-corrected chi connectivity index (χ3v) is 10.3. The number of methoxy groups -OCH3 is 1. The Hall–Kier alpha value is -0.900. The largest absolute Gasteiger partial charge is 0.388 e. The SMILES string of the molecule is C=C1C(O)CC(=CC=C2CCC[C@@]3(C)C2CCC3[C@@H](C)CCCC2(OC)CCCC2)CC1O. The van der Waals surface area contributed by atoms with E-state index in [9.17, 15) is 10.2 Å². The van der Waals surface area contributed by atoms with E-state index in [2.05, 4.69) is 32.6 Å². The molecule has 33 heavy (non-hydrogen) atoms. The number of aliphatic hydroxyl groups excluding tert-OH is 2. The Labute approximate surface area is 202 Å². The highest BCUT2D eigenvalue weighted by atomic mass is 16.5. The normalized spacial score (nSPS) is 38.5. The molecule has 4 rings (SSSR count). The number of allylic oxidation sites excluding steroid dienone is 3. The molecular formula is C30H48O3. The topological polar surface area (TPSA) is 49.7 Å². The first kappa shape index (κ1) is 25.2. The summed E-state index contributed by atoms with van der Waals surface area (Å²) < 4.78 is 5.97. The number of hydrogen-bond donors (Lipinski definition) is 2. The van der Waals surface area contributed by atoms with E-state index in [4.69, 9.17) is 4.74 Å². The Balaban J connectivity index is 1.38. The number of hydrogen-bond acceptors (Lipinski definition) is 3. The Kier molecular flexibility index (Phi) is 7.93. The van der Waals surface area contributed by atoms with Gasteiger partial charge in [-0.15, -0.1) is 0 Å². The van der Waals surface area contributed by atoms with Crippen molar-refractivity contribution in [2.45, 2.75) is 122 Å². The van der Waals surface area contributed by atoms with Gasteiger partial charge in [-0.1, -0.05) is 69.4 Å². The molecule has 0 aromatic rings. The molecule has 0 amide bonds. The summed E-state index contributed by atoms with van der Waals surface area (Å²) >= 11 is 0. The predicted molar refractivity (Wildman–Crippen MR) is 136 cm³/mol. The van der Waals surface area contributed by atoms with E-state index in [0.717, 1.165) is 17.4 Å². The quantitative estimate of drug-likeness (QED) is 0.410. The lowest BCUT2D eigenvalue weighted by Crippen LogP contribution is -2.36. The Bertz CT molecular complexity index is 743. The van der Waals surface area contributed by atoms with Crippen molar-refractivity contribution in [3.05, 3.63) is 35.5 Å². The minimum atomic E-state index is -0.604. The van der Waals surface area contributed by atoms with Gasteiger partial charge in [0.1, 0.15) is 0 Å². The van der Waals surface area contributed by atoms with E-state index < -0.39 is 12.2 Å². The maximum Gasteiger partial charge on any atom is 0.0809 e. The van der Waals surface area contributed by atoms with Crippen LogP contribution in [0, 0.1) is 23.2 Å². The Morgan fingerprint density at radius 1 is 1.06 bits per heavy atom. The lowest BCUT2D eigenvalue weighted by atomic mass is 9.60. The molecule has 0 radical (unpaired) electrons. The average Bonchev–Trinajstić information content (AvgIpc) is 3.40. The van der Waals surface area contributed by atoms with Crippen LogP contribution in [0.3, 0.4) is 0 Å². The van der Waals surface area contributed by atoms with Crippen LogP contribution in [0.1, 0.15) is 104 Å². The van der Waals surface area contributed by atoms with Crippen LogP contribution in [0.5, 0.6) is 0 Å². The first-order chi connectivity index (χ1) is 15.8. The van der Waals surface area contributed by atoms with Crippen molar-refractivity contribution in [3.8, 4) is 0 Å². The molecule has 4 aliphatic carbocycles. The Morgan fingerprint density at radius 3 is 2.42 bits per heavy atom. The molecule has 3 heteroatoms. The summed E-state index contributed by atoms with van der Waals surface area (Å²) in [6.45, 7) is 8.94. The van der Waals surface area contributed by atoms with Crippen LogP contribution in [0.2, 0.25) is 0 Å². The molecule has 2 N–H and O–H groups in total. The van der Waals surface area contributed by atoms with E-state index in [0.29, 0.717) is 29.7 Å². The lowest BCUT2D eigenvalue weighted by Gasteiger charge is -2.44. The van der Waals surface area contributed by atoms with Crippen LogP contribution >= 0.6 is 0 Å². The van der Waals surface area contributed by atoms with Gasteiger partial charge in [0.05, 0.1) is 17.8 Å². The highest BCUT2D eigenvalue weighted by molar-refractivity contribution is 5.29. The molecule has 4 fully saturated rings. The molecule has 4 saturated carbocycles. The second-order valence-electron chi connectivity index (χ2n) is 12.1. The molecule has 0 bridgehead atoms. The molecule has 6 atom stereocenters. The fourth-order valence-corrected chi connectivity index (χ4v) is 8.16. The standard InChI is InChI=1S/C30H48O3/c1-21(9-7-18-30(33-4)16-5-6-17-30)25-13-14-26-24(10-8-15-29(25,26)3)12-11-23-19-27(31)22(2)28(32)20-23/h11-12,21,25-28,31-32H,2,5-10,13-20H2,1,3-4H3/t21-,25?,26?,27?,28?,29+/m0/s1. The molecule has 3 nitrogen and oxygen atoms in total. The number of fused-ring (bicyclic) bond motifs is 1. The van der Waals surface area contributed by atoms with Crippen LogP contribution in [0.15, 0.2) is 35.5 Å². The monoisotopic (exact) mass is 456 g/mol. The zero-order valence-electron chi connectivity index (χ0n) is 21.5. The zero-order valence-corrected chi connectivity index (χ0v) is 21.5. The van der Waals surface area contributed by atoms with E-state index in [1.54, 1.807) is 5.57 Å². The van der Waals surface area contributed by atoms with Crippen molar-refractivity contribution in [3.63, 3.8) is 0 Å². The third kappa shape index (κ3) is 5.21. The van der Waals surface area contributed by atoms with Gasteiger partial charge in [-0.3, -0.25) is 0 Å². The minimum absolute atomic E-state index is 0.183. The molecule has 0 aromatic heterocycles. The van der Waals surface area contributed by atoms with Crippen molar-refractivity contribution in [1.82, 2.24) is 0 Å². The van der Waals surface area contributed by atoms with Gasteiger partial charge in [0.15, 0.2) is 0 Å². The summed E-state index contributed by atoms with van der Waals surface area (Å²) in [7, 11) is 1.92. The van der Waals surface area contributed by atoms with Crippen LogP contribution in [-0.4, -0.2) is 35.1 Å². The smallest absolute Gasteiger partial charge is 0.0809 e. The molecule has 0 saturated heterocycles. The second-order valence-corrected chi connectivity index (χ2v) is 12.1. The summed E-state index contributed by atoms with van der Waals surface area (Å²) in [5, 5.41) is 20.4. The van der Waals surface area contributed by atoms with Crippen molar-refractivity contribution in [2.75, 3.05) is 7.11 Å². The molecule has 0 heterocycles. The summed E-state index contributed by atoms with van der Waals surface area (Å²) in [6, 6.07) is 0. The molecule has 4 aliphatic rings. The van der Waals surface area contributed by atoms with Gasteiger partial charge in [0.2, 0.25) is 0 Å². The highest BCUT2D eigenvalue weighted by Crippen LogP contribution is 2.60. The first-order valence-corrected chi connectivity index (χ1v) is 13.8. The second kappa shape index (κ2) is 10.4. The maximum absolute atomic E-state index is 10.2. The summed E-state index contributed by atoms with van der Waals surface area (Å²) in [5.74, 6) is 2.30. The molecule has 0 aliphatic heterocycles. The van der Waals surface area contributed by atoms with Gasteiger partial charge in [-0.05, 0) is 93.0 Å². The van der Waals surface area contributed by atoms with Crippen LogP contribution in [0.4, 0.5) is 0 Å². The first-order valence-electron chi connectivity index (χ1n) is 13.8. The van der Waals surface area contributed by atoms with Crippen molar-refractivity contribution >= 4 is 0 Å². The van der Waals surface area contributed by atoms with Gasteiger partial charge in [-0.2, -0.15) is 0 Å². The van der Waals surface area contributed by atoms with E-state index in [1.165, 1.54) is 77.0 Å².